The van der Waals surface area contributed by atoms with Crippen LogP contribution in [0.4, 0.5) is 4.79 Å². The van der Waals surface area contributed by atoms with Crippen LogP contribution >= 0.6 is 23.2 Å². The predicted octanol–water partition coefficient (Wildman–Crippen LogP) is 1.90. The molecule has 5 nitrogen and oxygen atoms in total. The Bertz CT molecular complexity index is 417. The molecule has 0 spiro atoms. The molecular weight excluding hydrogens is 277 g/mol. The van der Waals surface area contributed by atoms with Crippen LogP contribution in [-0.2, 0) is 13.6 Å². The molecule has 1 atom stereocenters. The summed E-state index contributed by atoms with van der Waals surface area (Å²) in [5.41, 5.74) is 0.803. The number of aliphatic hydroxyl groups excluding tert-OH is 1. The Morgan fingerprint density at radius 3 is 2.67 bits per heavy atom. The van der Waals surface area contributed by atoms with Gasteiger partial charge in [0, 0.05) is 12.7 Å². The molecule has 0 radical (unpaired) electrons. The van der Waals surface area contributed by atoms with Crippen LogP contribution in [0, 0.1) is 0 Å². The third kappa shape index (κ3) is 3.80. The van der Waals surface area contributed by atoms with E-state index in [0.717, 1.165) is 5.69 Å². The van der Waals surface area contributed by atoms with Gasteiger partial charge in [-0.3, -0.25) is 0 Å². The van der Waals surface area contributed by atoms with Gasteiger partial charge in [0.15, 0.2) is 0 Å². The van der Waals surface area contributed by atoms with E-state index in [0.29, 0.717) is 23.1 Å². The Labute approximate surface area is 116 Å². The molecule has 0 bridgehead atoms. The number of halogens is 2. The normalized spacial score (nSPS) is 12.3. The molecule has 0 aliphatic heterocycles. The van der Waals surface area contributed by atoms with Crippen molar-refractivity contribution in [3.05, 3.63) is 21.9 Å². The molecular formula is C11H17Cl2N3O2. The maximum absolute atomic E-state index is 11.5. The molecule has 0 saturated carbocycles. The molecule has 1 aromatic heterocycles. The van der Waals surface area contributed by atoms with Crippen molar-refractivity contribution in [3.8, 4) is 0 Å². The van der Waals surface area contributed by atoms with Crippen molar-refractivity contribution in [3.63, 3.8) is 0 Å². The van der Waals surface area contributed by atoms with Crippen LogP contribution in [-0.4, -0.2) is 28.4 Å². The smallest absolute Gasteiger partial charge is 0.315 e. The summed E-state index contributed by atoms with van der Waals surface area (Å²) in [5, 5.41) is 15.2. The lowest BCUT2D eigenvalue weighted by molar-refractivity contribution is 0.214. The second-order valence-corrected chi connectivity index (χ2v) is 4.71. The average molecular weight is 294 g/mol. The van der Waals surface area contributed by atoms with Crippen LogP contribution in [0.25, 0.3) is 0 Å². The van der Waals surface area contributed by atoms with E-state index >= 15 is 0 Å². The molecule has 0 fully saturated rings. The van der Waals surface area contributed by atoms with E-state index in [-0.39, 0.29) is 18.7 Å². The molecule has 0 saturated heterocycles. The zero-order valence-corrected chi connectivity index (χ0v) is 11.8. The molecule has 7 heteroatoms. The van der Waals surface area contributed by atoms with Gasteiger partial charge in [-0.05, 0) is 12.5 Å². The molecule has 1 aromatic rings. The number of rotatable bonds is 5. The first-order valence-electron chi connectivity index (χ1n) is 5.64. The number of nitrogens with one attached hydrogen (secondary N) is 2. The summed E-state index contributed by atoms with van der Waals surface area (Å²) in [7, 11) is 1.77. The van der Waals surface area contributed by atoms with Crippen molar-refractivity contribution in [2.24, 2.45) is 7.05 Å². The largest absolute Gasteiger partial charge is 0.394 e. The van der Waals surface area contributed by atoms with Crippen molar-refractivity contribution in [1.82, 2.24) is 15.2 Å². The fraction of sp³-hybridized carbons (Fsp3) is 0.545. The molecule has 18 heavy (non-hydrogen) atoms. The number of carbonyl (C=O) groups is 1. The second kappa shape index (κ2) is 6.87. The van der Waals surface area contributed by atoms with Crippen molar-refractivity contribution >= 4 is 29.2 Å². The van der Waals surface area contributed by atoms with Crippen molar-refractivity contribution in [1.29, 1.82) is 0 Å². The Hall–Kier alpha value is -0.910. The van der Waals surface area contributed by atoms with Crippen molar-refractivity contribution < 1.29 is 9.90 Å². The van der Waals surface area contributed by atoms with Gasteiger partial charge in [-0.2, -0.15) is 0 Å². The number of amides is 2. The number of carbonyl (C=O) groups excluding carboxylic acids is 1. The van der Waals surface area contributed by atoms with E-state index in [1.807, 2.05) is 6.92 Å². The Balaban J connectivity index is 2.50. The second-order valence-electron chi connectivity index (χ2n) is 3.95. The van der Waals surface area contributed by atoms with E-state index in [2.05, 4.69) is 10.6 Å². The maximum Gasteiger partial charge on any atom is 0.315 e. The molecule has 1 heterocycles. The summed E-state index contributed by atoms with van der Waals surface area (Å²) >= 11 is 11.8. The topological polar surface area (TPSA) is 66.3 Å². The lowest BCUT2D eigenvalue weighted by Gasteiger charge is -2.14. The van der Waals surface area contributed by atoms with Gasteiger partial charge in [0.25, 0.3) is 0 Å². The summed E-state index contributed by atoms with van der Waals surface area (Å²) in [6.07, 6.45) is 0.672. The Kier molecular flexibility index (Phi) is 5.78. The highest BCUT2D eigenvalue weighted by Gasteiger charge is 2.11. The van der Waals surface area contributed by atoms with Gasteiger partial charge < -0.3 is 20.3 Å². The maximum atomic E-state index is 11.5. The van der Waals surface area contributed by atoms with Crippen LogP contribution in [0.5, 0.6) is 0 Å². The molecule has 1 rings (SSSR count). The highest BCUT2D eigenvalue weighted by Crippen LogP contribution is 2.24. The van der Waals surface area contributed by atoms with Crippen LogP contribution in [0.1, 0.15) is 19.0 Å². The van der Waals surface area contributed by atoms with Crippen LogP contribution in [0.3, 0.4) is 0 Å². The fourth-order valence-corrected chi connectivity index (χ4v) is 1.86. The number of aliphatic hydroxyl groups is 1. The SMILES string of the molecule is CCC(CO)NC(=O)NCc1cc(Cl)c(Cl)n1C. The summed E-state index contributed by atoms with van der Waals surface area (Å²) in [6, 6.07) is 1.14. The molecule has 0 aromatic carbocycles. The van der Waals surface area contributed by atoms with Crippen LogP contribution < -0.4 is 10.6 Å². The van der Waals surface area contributed by atoms with Gasteiger partial charge in [0.2, 0.25) is 0 Å². The van der Waals surface area contributed by atoms with Gasteiger partial charge in [0.05, 0.1) is 24.2 Å². The monoisotopic (exact) mass is 293 g/mol. The highest BCUT2D eigenvalue weighted by atomic mass is 35.5. The van der Waals surface area contributed by atoms with E-state index in [1.165, 1.54) is 0 Å². The third-order valence-electron chi connectivity index (χ3n) is 2.69. The predicted molar refractivity (Wildman–Crippen MR) is 72.0 cm³/mol. The fourth-order valence-electron chi connectivity index (χ4n) is 1.44. The summed E-state index contributed by atoms with van der Waals surface area (Å²) in [4.78, 5) is 11.5. The summed E-state index contributed by atoms with van der Waals surface area (Å²) < 4.78 is 1.70. The standard InChI is InChI=1S/C11H17Cl2N3O2/c1-3-7(6-17)15-11(18)14-5-8-4-9(12)10(13)16(8)2/h4,7,17H,3,5-6H2,1-2H3,(H2,14,15,18). The first-order chi connectivity index (χ1) is 8.49. The van der Waals surface area contributed by atoms with Crippen molar-refractivity contribution in [2.45, 2.75) is 25.9 Å². The first kappa shape index (κ1) is 15.1. The Morgan fingerprint density at radius 1 is 1.56 bits per heavy atom. The Morgan fingerprint density at radius 2 is 2.22 bits per heavy atom. The number of urea groups is 1. The number of hydrogen-bond acceptors (Lipinski definition) is 2. The molecule has 0 aliphatic carbocycles. The highest BCUT2D eigenvalue weighted by molar-refractivity contribution is 6.41. The molecule has 2 amide bonds. The molecule has 0 aliphatic rings. The number of hydrogen-bond donors (Lipinski definition) is 3. The van der Waals surface area contributed by atoms with Gasteiger partial charge in [-0.1, -0.05) is 30.1 Å². The van der Waals surface area contributed by atoms with Crippen LogP contribution in [0.2, 0.25) is 10.2 Å². The van der Waals surface area contributed by atoms with Gasteiger partial charge in [0.1, 0.15) is 5.15 Å². The minimum absolute atomic E-state index is 0.0776. The van der Waals surface area contributed by atoms with Gasteiger partial charge >= 0.3 is 6.03 Å². The zero-order chi connectivity index (χ0) is 13.7. The molecule has 102 valence electrons. The summed E-state index contributed by atoms with van der Waals surface area (Å²) in [6.45, 7) is 2.13. The van der Waals surface area contributed by atoms with E-state index in [1.54, 1.807) is 17.7 Å². The average Bonchev–Trinajstić information content (AvgIpc) is 2.61. The lowest BCUT2D eigenvalue weighted by Crippen LogP contribution is -2.43. The van der Waals surface area contributed by atoms with Gasteiger partial charge in [-0.15, -0.1) is 0 Å². The zero-order valence-electron chi connectivity index (χ0n) is 10.3. The van der Waals surface area contributed by atoms with Crippen molar-refractivity contribution in [2.75, 3.05) is 6.61 Å². The number of nitrogens with zero attached hydrogens (tertiary/aromatic N) is 1. The number of aromatic nitrogens is 1. The summed E-state index contributed by atoms with van der Waals surface area (Å²) in [5.74, 6) is 0. The van der Waals surface area contributed by atoms with E-state index in [9.17, 15) is 4.79 Å². The third-order valence-corrected chi connectivity index (χ3v) is 3.54. The minimum Gasteiger partial charge on any atom is -0.394 e. The molecule has 3 N–H and O–H groups in total. The minimum atomic E-state index is -0.329. The first-order valence-corrected chi connectivity index (χ1v) is 6.40. The van der Waals surface area contributed by atoms with Gasteiger partial charge in [-0.25, -0.2) is 4.79 Å². The van der Waals surface area contributed by atoms with E-state index in [4.69, 9.17) is 28.3 Å². The van der Waals surface area contributed by atoms with E-state index < -0.39 is 0 Å². The molecule has 1 unspecified atom stereocenters. The quantitative estimate of drug-likeness (QED) is 0.776. The lowest BCUT2D eigenvalue weighted by atomic mass is 10.2. The van der Waals surface area contributed by atoms with Crippen LogP contribution in [0.15, 0.2) is 6.07 Å².